The number of imidazole rings is 2. The molecule has 1 aliphatic heterocycles. The minimum absolute atomic E-state index is 0.111. The van der Waals surface area contributed by atoms with Crippen LogP contribution in [0, 0.1) is 0 Å². The van der Waals surface area contributed by atoms with E-state index in [1.807, 2.05) is 12.1 Å². The van der Waals surface area contributed by atoms with Gasteiger partial charge in [0, 0.05) is 30.3 Å². The molecule has 0 saturated carbocycles. The van der Waals surface area contributed by atoms with Crippen LogP contribution in [0.25, 0.3) is 5.65 Å². The van der Waals surface area contributed by atoms with Gasteiger partial charge in [-0.15, -0.1) is 0 Å². The standard InChI is InChI=1S/C22H18BrClN6O3/c23-14-4-5-17-25-10-16(30(17)11-14)22(33)28-6-7-29-18(12-28)27-19(20(29)24)21(32)26-9-13-2-1-3-15(31)8-13/h1-5,8,10-11,31H,6-7,9,12H2,(H,26,32). The normalized spacial score (nSPS) is 13.2. The summed E-state index contributed by atoms with van der Waals surface area (Å²) in [6.45, 7) is 1.29. The number of rotatable bonds is 4. The molecule has 0 unspecified atom stereocenters. The van der Waals surface area contributed by atoms with Crippen molar-refractivity contribution in [2.24, 2.45) is 0 Å². The molecule has 3 aromatic heterocycles. The first-order chi connectivity index (χ1) is 15.9. The number of fused-ring (bicyclic) bond motifs is 2. The third-order valence-electron chi connectivity index (χ3n) is 5.47. The van der Waals surface area contributed by atoms with Crippen LogP contribution in [0.2, 0.25) is 5.15 Å². The fourth-order valence-corrected chi connectivity index (χ4v) is 4.47. The number of phenols is 1. The molecule has 0 fully saturated rings. The second kappa shape index (κ2) is 8.53. The van der Waals surface area contributed by atoms with Gasteiger partial charge in [0.15, 0.2) is 5.69 Å². The number of pyridine rings is 1. The first-order valence-corrected chi connectivity index (χ1v) is 11.3. The number of nitrogens with zero attached hydrogens (tertiary/aromatic N) is 5. The van der Waals surface area contributed by atoms with Crippen molar-refractivity contribution in [2.45, 2.75) is 19.6 Å². The van der Waals surface area contributed by atoms with Crippen LogP contribution in [0.5, 0.6) is 5.75 Å². The lowest BCUT2D eigenvalue weighted by Gasteiger charge is -2.27. The number of halogens is 2. The number of carbonyl (C=O) groups is 2. The predicted octanol–water partition coefficient (Wildman–Crippen LogP) is 3.24. The quantitative estimate of drug-likeness (QED) is 0.422. The van der Waals surface area contributed by atoms with E-state index in [1.165, 1.54) is 0 Å². The Morgan fingerprint density at radius 1 is 1.21 bits per heavy atom. The fraction of sp³-hybridized carbons (Fsp3) is 0.182. The average Bonchev–Trinajstić information content (AvgIpc) is 3.37. The van der Waals surface area contributed by atoms with Crippen molar-refractivity contribution < 1.29 is 14.7 Å². The highest BCUT2D eigenvalue weighted by Gasteiger charge is 2.29. The number of amides is 2. The van der Waals surface area contributed by atoms with Gasteiger partial charge in [-0.2, -0.15) is 0 Å². The molecule has 1 aromatic carbocycles. The number of phenolic OH excluding ortho intramolecular Hbond substituents is 1. The Kier molecular flexibility index (Phi) is 5.55. The maximum atomic E-state index is 13.2. The van der Waals surface area contributed by atoms with Crippen molar-refractivity contribution in [2.75, 3.05) is 6.54 Å². The summed E-state index contributed by atoms with van der Waals surface area (Å²) in [6.07, 6.45) is 3.35. The minimum Gasteiger partial charge on any atom is -0.508 e. The number of aromatic nitrogens is 4. The molecule has 33 heavy (non-hydrogen) atoms. The number of nitrogens with one attached hydrogen (secondary N) is 1. The summed E-state index contributed by atoms with van der Waals surface area (Å²) in [4.78, 5) is 36.3. The zero-order chi connectivity index (χ0) is 23.1. The summed E-state index contributed by atoms with van der Waals surface area (Å²) in [7, 11) is 0. The molecule has 0 saturated heterocycles. The third-order valence-corrected chi connectivity index (χ3v) is 6.32. The van der Waals surface area contributed by atoms with E-state index in [9.17, 15) is 14.7 Å². The SMILES string of the molecule is O=C(NCc1cccc(O)c1)c1nc2n(c1Cl)CCN(C(=O)c1cnc3ccc(Br)cn13)C2. The van der Waals surface area contributed by atoms with Gasteiger partial charge in [-0.1, -0.05) is 23.7 Å². The van der Waals surface area contributed by atoms with E-state index < -0.39 is 5.91 Å². The molecule has 2 N–H and O–H groups in total. The molecule has 168 valence electrons. The van der Waals surface area contributed by atoms with Crippen molar-refractivity contribution in [1.29, 1.82) is 0 Å². The highest BCUT2D eigenvalue weighted by atomic mass is 79.9. The molecule has 1 aliphatic rings. The van der Waals surface area contributed by atoms with Crippen LogP contribution in [-0.4, -0.2) is 47.3 Å². The second-order valence-electron chi connectivity index (χ2n) is 7.62. The van der Waals surface area contributed by atoms with E-state index in [2.05, 4.69) is 31.2 Å². The van der Waals surface area contributed by atoms with Crippen molar-refractivity contribution in [3.05, 3.63) is 81.2 Å². The molecule has 4 heterocycles. The van der Waals surface area contributed by atoms with Gasteiger partial charge in [-0.3, -0.25) is 14.0 Å². The van der Waals surface area contributed by atoms with Gasteiger partial charge >= 0.3 is 0 Å². The maximum Gasteiger partial charge on any atom is 0.273 e. The lowest BCUT2D eigenvalue weighted by Crippen LogP contribution is -2.38. The summed E-state index contributed by atoms with van der Waals surface area (Å²) in [5, 5.41) is 12.6. The lowest BCUT2D eigenvalue weighted by molar-refractivity contribution is 0.0700. The Labute approximate surface area is 201 Å². The average molecular weight is 530 g/mol. The van der Waals surface area contributed by atoms with Crippen LogP contribution in [0.1, 0.15) is 32.4 Å². The summed E-state index contributed by atoms with van der Waals surface area (Å²) in [5.74, 6) is 0.0630. The molecule has 0 spiro atoms. The first kappa shape index (κ1) is 21.5. The van der Waals surface area contributed by atoms with Gasteiger partial charge in [-0.25, -0.2) is 9.97 Å². The van der Waals surface area contributed by atoms with Gasteiger partial charge in [0.2, 0.25) is 0 Å². The van der Waals surface area contributed by atoms with Gasteiger partial charge in [-0.05, 0) is 45.8 Å². The molecule has 0 atom stereocenters. The Hall–Kier alpha value is -3.37. The third kappa shape index (κ3) is 4.07. The molecule has 9 nitrogen and oxygen atoms in total. The number of carbonyl (C=O) groups excluding carboxylic acids is 2. The van der Waals surface area contributed by atoms with E-state index >= 15 is 0 Å². The smallest absolute Gasteiger partial charge is 0.273 e. The second-order valence-corrected chi connectivity index (χ2v) is 8.89. The van der Waals surface area contributed by atoms with Crippen molar-refractivity contribution in [3.8, 4) is 5.75 Å². The van der Waals surface area contributed by atoms with Crippen molar-refractivity contribution >= 4 is 45.0 Å². The molecule has 0 aliphatic carbocycles. The zero-order valence-electron chi connectivity index (χ0n) is 17.2. The van der Waals surface area contributed by atoms with E-state index in [1.54, 1.807) is 50.5 Å². The van der Waals surface area contributed by atoms with Crippen LogP contribution in [0.4, 0.5) is 0 Å². The van der Waals surface area contributed by atoms with Gasteiger partial charge in [0.05, 0.1) is 12.7 Å². The van der Waals surface area contributed by atoms with E-state index in [4.69, 9.17) is 11.6 Å². The van der Waals surface area contributed by atoms with Crippen LogP contribution in [0.3, 0.4) is 0 Å². The van der Waals surface area contributed by atoms with Crippen LogP contribution < -0.4 is 5.32 Å². The maximum absolute atomic E-state index is 13.2. The molecule has 11 heteroatoms. The molecule has 4 aromatic rings. The van der Waals surface area contributed by atoms with Crippen molar-refractivity contribution in [3.63, 3.8) is 0 Å². The summed E-state index contributed by atoms with van der Waals surface area (Å²) in [5.41, 5.74) is 1.98. The molecule has 5 rings (SSSR count). The van der Waals surface area contributed by atoms with Crippen LogP contribution in [0.15, 0.2) is 53.3 Å². The largest absolute Gasteiger partial charge is 0.508 e. The highest BCUT2D eigenvalue weighted by Crippen LogP contribution is 2.24. The summed E-state index contributed by atoms with van der Waals surface area (Å²) >= 11 is 9.86. The van der Waals surface area contributed by atoms with E-state index in [-0.39, 0.29) is 35.6 Å². The fourth-order valence-electron chi connectivity index (χ4n) is 3.82. The monoisotopic (exact) mass is 528 g/mol. The van der Waals surface area contributed by atoms with Gasteiger partial charge < -0.3 is 19.9 Å². The molecule has 0 radical (unpaired) electrons. The van der Waals surface area contributed by atoms with Crippen molar-refractivity contribution in [1.82, 2.24) is 29.2 Å². The lowest BCUT2D eigenvalue weighted by atomic mass is 10.2. The summed E-state index contributed by atoms with van der Waals surface area (Å²) < 4.78 is 4.32. The minimum atomic E-state index is -0.422. The Balaban J connectivity index is 1.33. The van der Waals surface area contributed by atoms with E-state index in [0.717, 1.165) is 10.0 Å². The number of hydrogen-bond acceptors (Lipinski definition) is 5. The molecule has 2 amide bonds. The Morgan fingerprint density at radius 2 is 2.06 bits per heavy atom. The Morgan fingerprint density at radius 3 is 2.88 bits per heavy atom. The number of hydrogen-bond donors (Lipinski definition) is 2. The molecular weight excluding hydrogens is 512 g/mol. The topological polar surface area (TPSA) is 105 Å². The highest BCUT2D eigenvalue weighted by molar-refractivity contribution is 9.10. The zero-order valence-corrected chi connectivity index (χ0v) is 19.5. The van der Waals surface area contributed by atoms with E-state index in [0.29, 0.717) is 30.3 Å². The first-order valence-electron chi connectivity index (χ1n) is 10.1. The van der Waals surface area contributed by atoms with Crippen LogP contribution in [-0.2, 0) is 19.6 Å². The number of aromatic hydroxyl groups is 1. The molecule has 0 bridgehead atoms. The summed E-state index contributed by atoms with van der Waals surface area (Å²) in [6, 6.07) is 10.3. The van der Waals surface area contributed by atoms with Crippen LogP contribution >= 0.6 is 27.5 Å². The van der Waals surface area contributed by atoms with Gasteiger partial charge in [0.1, 0.15) is 28.1 Å². The number of benzene rings is 1. The Bertz CT molecular complexity index is 1400. The molecular formula is C22H18BrClN6O3. The predicted molar refractivity (Wildman–Crippen MR) is 124 cm³/mol. The van der Waals surface area contributed by atoms with Gasteiger partial charge in [0.25, 0.3) is 11.8 Å².